The number of amides is 2. The average molecular weight is 358 g/mol. The van der Waals surface area contributed by atoms with E-state index in [1.807, 2.05) is 0 Å². The number of imidazole rings is 1. The number of rotatable bonds is 4. The molecule has 0 saturated carbocycles. The van der Waals surface area contributed by atoms with E-state index in [1.165, 1.54) is 11.8 Å². The molecule has 1 fully saturated rings. The van der Waals surface area contributed by atoms with Crippen LogP contribution in [0, 0.1) is 0 Å². The summed E-state index contributed by atoms with van der Waals surface area (Å²) < 4.78 is 1.80. The monoisotopic (exact) mass is 358 g/mol. The minimum Gasteiger partial charge on any atom is -0.480 e. The number of carbonyl (C=O) groups excluding carboxylic acids is 2. The molecule has 138 valence electrons. The molecule has 0 spiro atoms. The first-order valence-corrected chi connectivity index (χ1v) is 8.66. The Bertz CT molecular complexity index is 831. The Morgan fingerprint density at radius 2 is 2.08 bits per heavy atom. The van der Waals surface area contributed by atoms with E-state index >= 15 is 0 Å². The van der Waals surface area contributed by atoms with E-state index in [9.17, 15) is 14.4 Å². The molecule has 1 aliphatic heterocycles. The highest BCUT2D eigenvalue weighted by molar-refractivity contribution is 5.94. The van der Waals surface area contributed by atoms with E-state index in [2.05, 4.69) is 4.98 Å². The molecule has 0 bridgehead atoms. The lowest BCUT2D eigenvalue weighted by atomic mass is 10.1. The van der Waals surface area contributed by atoms with Crippen LogP contribution < -0.4 is 0 Å². The molecule has 0 aliphatic carbocycles. The van der Waals surface area contributed by atoms with E-state index in [1.54, 1.807) is 40.0 Å². The fourth-order valence-electron chi connectivity index (χ4n) is 3.47. The predicted molar refractivity (Wildman–Crippen MR) is 93.8 cm³/mol. The summed E-state index contributed by atoms with van der Waals surface area (Å²) in [5.74, 6) is -1.33. The van der Waals surface area contributed by atoms with Crippen LogP contribution in [0.25, 0.3) is 5.65 Å². The second-order valence-electron chi connectivity index (χ2n) is 6.53. The smallest absolute Gasteiger partial charge is 0.323 e. The van der Waals surface area contributed by atoms with Crippen LogP contribution in [0.4, 0.5) is 0 Å². The number of hydrogen-bond acceptors (Lipinski definition) is 4. The maximum atomic E-state index is 12.8. The molecule has 26 heavy (non-hydrogen) atoms. The van der Waals surface area contributed by atoms with Crippen LogP contribution in [0.5, 0.6) is 0 Å². The van der Waals surface area contributed by atoms with Crippen molar-refractivity contribution in [3.8, 4) is 0 Å². The Morgan fingerprint density at radius 1 is 1.27 bits per heavy atom. The molecule has 0 radical (unpaired) electrons. The van der Waals surface area contributed by atoms with E-state index in [-0.39, 0.29) is 24.4 Å². The SMILES string of the molecule is CC(=O)N(CC(=O)O)C1CCCN(C(=O)c2ccc3nccn3c2)CC1. The molecule has 2 aromatic rings. The highest BCUT2D eigenvalue weighted by atomic mass is 16.4. The summed E-state index contributed by atoms with van der Waals surface area (Å²) in [6.07, 6.45) is 7.23. The van der Waals surface area contributed by atoms with Gasteiger partial charge in [0.25, 0.3) is 5.91 Å². The van der Waals surface area contributed by atoms with Gasteiger partial charge in [0.2, 0.25) is 5.91 Å². The molecule has 1 N–H and O–H groups in total. The van der Waals surface area contributed by atoms with Gasteiger partial charge in [0.15, 0.2) is 0 Å². The van der Waals surface area contributed by atoms with Crippen molar-refractivity contribution in [1.82, 2.24) is 19.2 Å². The van der Waals surface area contributed by atoms with Gasteiger partial charge in [-0.3, -0.25) is 14.4 Å². The van der Waals surface area contributed by atoms with Crippen molar-refractivity contribution in [3.05, 3.63) is 36.3 Å². The highest BCUT2D eigenvalue weighted by Crippen LogP contribution is 2.19. The molecule has 8 heteroatoms. The third kappa shape index (κ3) is 3.84. The first kappa shape index (κ1) is 17.9. The Kier molecular flexibility index (Phi) is 5.20. The van der Waals surface area contributed by atoms with Crippen LogP contribution >= 0.6 is 0 Å². The average Bonchev–Trinajstić information content (AvgIpc) is 2.94. The number of fused-ring (bicyclic) bond motifs is 1. The molecule has 0 aromatic carbocycles. The van der Waals surface area contributed by atoms with Crippen molar-refractivity contribution in [2.75, 3.05) is 19.6 Å². The first-order chi connectivity index (χ1) is 12.5. The topological polar surface area (TPSA) is 95.2 Å². The molecule has 1 aliphatic rings. The quantitative estimate of drug-likeness (QED) is 0.888. The first-order valence-electron chi connectivity index (χ1n) is 8.66. The molecular weight excluding hydrogens is 336 g/mol. The normalized spacial score (nSPS) is 17.7. The largest absolute Gasteiger partial charge is 0.480 e. The number of carboxylic acids is 1. The number of aliphatic carboxylic acids is 1. The number of pyridine rings is 1. The predicted octanol–water partition coefficient (Wildman–Crippen LogP) is 1.26. The summed E-state index contributed by atoms with van der Waals surface area (Å²) in [5.41, 5.74) is 1.37. The number of carbonyl (C=O) groups is 3. The highest BCUT2D eigenvalue weighted by Gasteiger charge is 2.28. The van der Waals surface area contributed by atoms with Crippen molar-refractivity contribution in [1.29, 1.82) is 0 Å². The Hall–Kier alpha value is -2.90. The molecular formula is C18H22N4O4. The Balaban J connectivity index is 1.70. The summed E-state index contributed by atoms with van der Waals surface area (Å²) in [6.45, 7) is 2.17. The zero-order chi connectivity index (χ0) is 18.7. The van der Waals surface area contributed by atoms with Crippen LogP contribution in [0.3, 0.4) is 0 Å². The third-order valence-electron chi connectivity index (χ3n) is 4.77. The van der Waals surface area contributed by atoms with Gasteiger partial charge in [-0.1, -0.05) is 0 Å². The van der Waals surface area contributed by atoms with Gasteiger partial charge in [-0.2, -0.15) is 0 Å². The summed E-state index contributed by atoms with van der Waals surface area (Å²) in [5, 5.41) is 9.03. The molecule has 8 nitrogen and oxygen atoms in total. The molecule has 1 saturated heterocycles. The van der Waals surface area contributed by atoms with Crippen LogP contribution in [0.1, 0.15) is 36.5 Å². The van der Waals surface area contributed by atoms with Crippen LogP contribution in [0.15, 0.2) is 30.7 Å². The van der Waals surface area contributed by atoms with Crippen LogP contribution in [-0.4, -0.2) is 67.8 Å². The van der Waals surface area contributed by atoms with Gasteiger partial charge in [0.05, 0.1) is 5.56 Å². The van der Waals surface area contributed by atoms with Crippen molar-refractivity contribution < 1.29 is 19.5 Å². The second-order valence-corrected chi connectivity index (χ2v) is 6.53. The zero-order valence-electron chi connectivity index (χ0n) is 14.7. The van der Waals surface area contributed by atoms with Crippen molar-refractivity contribution in [2.45, 2.75) is 32.2 Å². The fourth-order valence-corrected chi connectivity index (χ4v) is 3.47. The molecule has 2 amide bonds. The van der Waals surface area contributed by atoms with Gasteiger partial charge < -0.3 is 19.3 Å². The van der Waals surface area contributed by atoms with Crippen molar-refractivity contribution >= 4 is 23.4 Å². The summed E-state index contributed by atoms with van der Waals surface area (Å²) >= 11 is 0. The van der Waals surface area contributed by atoms with Crippen molar-refractivity contribution in [2.24, 2.45) is 0 Å². The van der Waals surface area contributed by atoms with E-state index in [4.69, 9.17) is 5.11 Å². The number of carboxylic acid groups (broad SMARTS) is 1. The number of likely N-dealkylation sites (tertiary alicyclic amines) is 1. The molecule has 3 heterocycles. The van der Waals surface area contributed by atoms with Gasteiger partial charge >= 0.3 is 5.97 Å². The lowest BCUT2D eigenvalue weighted by molar-refractivity contribution is -0.145. The van der Waals surface area contributed by atoms with E-state index in [0.717, 1.165) is 12.1 Å². The maximum absolute atomic E-state index is 12.8. The lowest BCUT2D eigenvalue weighted by Gasteiger charge is -2.28. The molecule has 3 rings (SSSR count). The number of hydrogen-bond donors (Lipinski definition) is 1. The third-order valence-corrected chi connectivity index (χ3v) is 4.77. The zero-order valence-corrected chi connectivity index (χ0v) is 14.7. The summed E-state index contributed by atoms with van der Waals surface area (Å²) in [4.78, 5) is 43.0. The van der Waals surface area contributed by atoms with Gasteiger partial charge in [-0.25, -0.2) is 4.98 Å². The van der Waals surface area contributed by atoms with Gasteiger partial charge in [-0.15, -0.1) is 0 Å². The fraction of sp³-hybridized carbons (Fsp3) is 0.444. The second kappa shape index (κ2) is 7.55. The van der Waals surface area contributed by atoms with Crippen LogP contribution in [0.2, 0.25) is 0 Å². The molecule has 1 unspecified atom stereocenters. The lowest BCUT2D eigenvalue weighted by Crippen LogP contribution is -2.43. The van der Waals surface area contributed by atoms with Crippen molar-refractivity contribution in [3.63, 3.8) is 0 Å². The van der Waals surface area contributed by atoms with E-state index < -0.39 is 5.97 Å². The Morgan fingerprint density at radius 3 is 2.81 bits per heavy atom. The van der Waals surface area contributed by atoms with Gasteiger partial charge in [-0.05, 0) is 31.4 Å². The molecule has 2 aromatic heterocycles. The number of nitrogens with zero attached hydrogens (tertiary/aromatic N) is 4. The maximum Gasteiger partial charge on any atom is 0.323 e. The minimum absolute atomic E-state index is 0.0612. The van der Waals surface area contributed by atoms with E-state index in [0.29, 0.717) is 31.5 Å². The minimum atomic E-state index is -1.02. The van der Waals surface area contributed by atoms with Gasteiger partial charge in [0, 0.05) is 44.6 Å². The summed E-state index contributed by atoms with van der Waals surface area (Å²) in [6, 6.07) is 3.41. The van der Waals surface area contributed by atoms with Crippen LogP contribution in [-0.2, 0) is 9.59 Å². The summed E-state index contributed by atoms with van der Waals surface area (Å²) in [7, 11) is 0. The van der Waals surface area contributed by atoms with Gasteiger partial charge in [0.1, 0.15) is 12.2 Å². The Labute approximate surface area is 151 Å². The molecule has 1 atom stereocenters. The standard InChI is InChI=1S/C18H22N4O4/c1-13(23)22(12-17(24)25)15-3-2-8-20(9-6-15)18(26)14-4-5-16-19-7-10-21(16)11-14/h4-5,7,10-11,15H,2-3,6,8-9,12H2,1H3,(H,24,25). The number of aromatic nitrogens is 2.